The second-order valence-corrected chi connectivity index (χ2v) is 10.8. The monoisotopic (exact) mass is 531 g/mol. The smallest absolute Gasteiger partial charge is 0.261 e. The number of imide groups is 1. The zero-order valence-corrected chi connectivity index (χ0v) is 21.1. The second kappa shape index (κ2) is 9.72. The first kappa shape index (κ1) is 24.4. The summed E-state index contributed by atoms with van der Waals surface area (Å²) in [6.45, 7) is 0.640. The van der Waals surface area contributed by atoms with Gasteiger partial charge in [-0.25, -0.2) is 8.78 Å². The van der Waals surface area contributed by atoms with Gasteiger partial charge in [-0.15, -0.1) is 11.3 Å². The molecular weight excluding hydrogens is 508 g/mol. The Labute approximate surface area is 221 Å². The lowest BCUT2D eigenvalue weighted by molar-refractivity contribution is 0.0617. The largest absolute Gasteiger partial charge is 0.293 e. The van der Waals surface area contributed by atoms with Crippen LogP contribution in [0.25, 0.3) is 11.3 Å². The van der Waals surface area contributed by atoms with E-state index in [1.165, 1.54) is 34.6 Å². The van der Waals surface area contributed by atoms with Crippen LogP contribution in [0.1, 0.15) is 53.7 Å². The minimum absolute atomic E-state index is 0.0289. The molecule has 2 amide bonds. The number of aryl methyl sites for hydroxylation is 2. The number of halogens is 2. The molecule has 0 fully saturated rings. The lowest BCUT2D eigenvalue weighted by Gasteiger charge is -2.22. The summed E-state index contributed by atoms with van der Waals surface area (Å²) in [7, 11) is 0. The molecule has 4 aromatic rings. The van der Waals surface area contributed by atoms with E-state index >= 15 is 0 Å². The van der Waals surface area contributed by atoms with Crippen LogP contribution in [0.15, 0.2) is 60.8 Å². The zero-order valence-electron chi connectivity index (χ0n) is 20.3. The maximum Gasteiger partial charge on any atom is 0.261 e. The van der Waals surface area contributed by atoms with Crippen LogP contribution in [0.3, 0.4) is 0 Å². The highest BCUT2D eigenvalue weighted by molar-refractivity contribution is 7.14. The first-order valence-electron chi connectivity index (χ1n) is 12.5. The Balaban J connectivity index is 1.28. The van der Waals surface area contributed by atoms with Crippen LogP contribution < -0.4 is 0 Å². The van der Waals surface area contributed by atoms with E-state index in [2.05, 4.69) is 5.10 Å². The average molecular weight is 532 g/mol. The number of ketones is 1. The molecule has 2 aliphatic rings. The first-order chi connectivity index (χ1) is 18.4. The SMILES string of the molecule is O=C(C[C@@H](Cc1cccc(F)c1)CN1C(=O)c2ccccc2C1=O)c1cc2c(s1)CCCn1ncc(F)c1-2. The van der Waals surface area contributed by atoms with Gasteiger partial charge in [-0.2, -0.15) is 5.10 Å². The number of benzene rings is 2. The van der Waals surface area contributed by atoms with Crippen molar-refractivity contribution >= 4 is 28.9 Å². The number of fused-ring (bicyclic) bond motifs is 4. The van der Waals surface area contributed by atoms with Crippen molar-refractivity contribution < 1.29 is 23.2 Å². The number of aromatic nitrogens is 2. The number of hydrogen-bond acceptors (Lipinski definition) is 5. The second-order valence-electron chi connectivity index (χ2n) is 9.71. The Kier molecular flexibility index (Phi) is 6.23. The summed E-state index contributed by atoms with van der Waals surface area (Å²) in [5.41, 5.74) is 2.44. The molecule has 6 nitrogen and oxygen atoms in total. The van der Waals surface area contributed by atoms with Crippen molar-refractivity contribution in [2.24, 2.45) is 5.92 Å². The summed E-state index contributed by atoms with van der Waals surface area (Å²) in [5, 5.41) is 4.12. The predicted molar refractivity (Wildman–Crippen MR) is 138 cm³/mol. The molecule has 0 bridgehead atoms. The summed E-state index contributed by atoms with van der Waals surface area (Å²) in [5.74, 6) is -2.19. The number of Topliss-reactive ketones (excluding diaryl/α,β-unsaturated/α-hetero) is 1. The van der Waals surface area contributed by atoms with E-state index in [1.807, 2.05) is 0 Å². The van der Waals surface area contributed by atoms with Gasteiger partial charge in [0.2, 0.25) is 0 Å². The molecule has 192 valence electrons. The summed E-state index contributed by atoms with van der Waals surface area (Å²) in [6.07, 6.45) is 3.06. The lowest BCUT2D eigenvalue weighted by Crippen LogP contribution is -2.36. The molecule has 1 atom stereocenters. The van der Waals surface area contributed by atoms with Crippen molar-refractivity contribution in [3.05, 3.63) is 98.9 Å². The fourth-order valence-electron chi connectivity index (χ4n) is 5.37. The Morgan fingerprint density at radius 3 is 2.50 bits per heavy atom. The number of amides is 2. The Bertz CT molecular complexity index is 1560. The molecule has 4 heterocycles. The maximum absolute atomic E-state index is 14.5. The van der Waals surface area contributed by atoms with Crippen molar-refractivity contribution in [1.82, 2.24) is 14.7 Å². The zero-order chi connectivity index (χ0) is 26.4. The first-order valence-corrected chi connectivity index (χ1v) is 13.3. The molecule has 0 aliphatic carbocycles. The van der Waals surface area contributed by atoms with Gasteiger partial charge in [0, 0.05) is 30.0 Å². The van der Waals surface area contributed by atoms with Crippen molar-refractivity contribution in [3.8, 4) is 11.3 Å². The normalized spacial score (nSPS) is 15.2. The summed E-state index contributed by atoms with van der Waals surface area (Å²) >= 11 is 1.35. The van der Waals surface area contributed by atoms with Gasteiger partial charge >= 0.3 is 0 Å². The third-order valence-electron chi connectivity index (χ3n) is 7.11. The fourth-order valence-corrected chi connectivity index (χ4v) is 6.52. The molecule has 0 N–H and O–H groups in total. The molecule has 2 aromatic heterocycles. The highest BCUT2D eigenvalue weighted by atomic mass is 32.1. The summed E-state index contributed by atoms with van der Waals surface area (Å²) in [6, 6.07) is 14.5. The van der Waals surface area contributed by atoms with Gasteiger partial charge in [-0.05, 0) is 61.1 Å². The molecule has 0 spiro atoms. The van der Waals surface area contributed by atoms with E-state index in [0.717, 1.165) is 17.7 Å². The van der Waals surface area contributed by atoms with E-state index < -0.39 is 29.4 Å². The van der Waals surface area contributed by atoms with Gasteiger partial charge in [-0.3, -0.25) is 24.0 Å². The molecule has 0 saturated carbocycles. The number of nitrogens with zero attached hydrogens (tertiary/aromatic N) is 3. The van der Waals surface area contributed by atoms with Gasteiger partial charge in [0.1, 0.15) is 11.5 Å². The van der Waals surface area contributed by atoms with Crippen LogP contribution in [-0.2, 0) is 19.4 Å². The minimum Gasteiger partial charge on any atom is -0.293 e. The van der Waals surface area contributed by atoms with E-state index in [9.17, 15) is 23.2 Å². The van der Waals surface area contributed by atoms with Crippen LogP contribution in [0.5, 0.6) is 0 Å². The van der Waals surface area contributed by atoms with Crippen molar-refractivity contribution in [1.29, 1.82) is 0 Å². The molecular formula is C29H23F2N3O3S. The van der Waals surface area contributed by atoms with E-state index in [-0.39, 0.29) is 18.7 Å². The number of rotatable bonds is 7. The number of hydrogen-bond donors (Lipinski definition) is 0. The highest BCUT2D eigenvalue weighted by Crippen LogP contribution is 2.37. The molecule has 9 heteroatoms. The van der Waals surface area contributed by atoms with Crippen LogP contribution in [-0.4, -0.2) is 38.8 Å². The maximum atomic E-state index is 14.5. The Morgan fingerprint density at radius 2 is 1.76 bits per heavy atom. The molecule has 0 saturated heterocycles. The Morgan fingerprint density at radius 1 is 1.00 bits per heavy atom. The van der Waals surface area contributed by atoms with Gasteiger partial charge in [0.15, 0.2) is 11.6 Å². The van der Waals surface area contributed by atoms with E-state index in [0.29, 0.717) is 45.8 Å². The molecule has 38 heavy (non-hydrogen) atoms. The number of thiophene rings is 1. The van der Waals surface area contributed by atoms with Crippen LogP contribution in [0.2, 0.25) is 0 Å². The van der Waals surface area contributed by atoms with Gasteiger partial charge in [-0.1, -0.05) is 24.3 Å². The quantitative estimate of drug-likeness (QED) is 0.231. The van der Waals surface area contributed by atoms with Crippen molar-refractivity contribution in [2.45, 2.75) is 32.2 Å². The third-order valence-corrected chi connectivity index (χ3v) is 8.35. The highest BCUT2D eigenvalue weighted by Gasteiger charge is 2.37. The summed E-state index contributed by atoms with van der Waals surface area (Å²) in [4.78, 5) is 42.2. The van der Waals surface area contributed by atoms with Crippen LogP contribution in [0.4, 0.5) is 8.78 Å². The van der Waals surface area contributed by atoms with Gasteiger partial charge in [0.05, 0.1) is 22.2 Å². The molecule has 0 radical (unpaired) electrons. The number of carbonyl (C=O) groups excluding carboxylic acids is 3. The van der Waals surface area contributed by atoms with E-state index in [1.54, 1.807) is 47.1 Å². The van der Waals surface area contributed by atoms with Crippen molar-refractivity contribution in [3.63, 3.8) is 0 Å². The fraction of sp³-hybridized carbons (Fsp3) is 0.241. The summed E-state index contributed by atoms with van der Waals surface area (Å²) < 4.78 is 30.1. The van der Waals surface area contributed by atoms with Gasteiger partial charge in [0.25, 0.3) is 11.8 Å². The predicted octanol–water partition coefficient (Wildman–Crippen LogP) is 5.56. The van der Waals surface area contributed by atoms with Crippen LogP contribution >= 0.6 is 11.3 Å². The van der Waals surface area contributed by atoms with Gasteiger partial charge < -0.3 is 0 Å². The van der Waals surface area contributed by atoms with E-state index in [4.69, 9.17) is 0 Å². The Hall–Kier alpha value is -3.98. The standard InChI is InChI=1S/C29H23F2N3O3S/c30-19-6-3-5-17(12-19)11-18(16-33-28(36)20-7-1-2-8-21(20)29(33)37)13-24(35)26-14-22-25(38-26)9-4-10-34-27(22)23(31)15-32-34/h1-3,5-8,12,14-15,18H,4,9-11,13,16H2/t18-/m1/s1. The number of carbonyl (C=O) groups is 3. The van der Waals surface area contributed by atoms with Crippen LogP contribution in [0, 0.1) is 17.6 Å². The molecule has 2 aliphatic heterocycles. The minimum atomic E-state index is -0.435. The third kappa shape index (κ3) is 4.36. The molecule has 2 aromatic carbocycles. The molecule has 0 unspecified atom stereocenters. The van der Waals surface area contributed by atoms with Crippen molar-refractivity contribution in [2.75, 3.05) is 6.54 Å². The lowest BCUT2D eigenvalue weighted by atomic mass is 9.93. The topological polar surface area (TPSA) is 72.3 Å². The average Bonchev–Trinajstić information content (AvgIpc) is 3.51. The molecule has 6 rings (SSSR count).